The summed E-state index contributed by atoms with van der Waals surface area (Å²) in [4.78, 5) is 23.3. The van der Waals surface area contributed by atoms with Crippen LogP contribution in [0.1, 0.15) is 24.0 Å². The number of nitrogens with one attached hydrogen (secondary N) is 1. The van der Waals surface area contributed by atoms with E-state index in [0.29, 0.717) is 0 Å². The number of hydrogen-bond donors (Lipinski definition) is 2. The Bertz CT molecular complexity index is 643. The fourth-order valence-corrected chi connectivity index (χ4v) is 2.24. The molecule has 2 aromatic rings. The summed E-state index contributed by atoms with van der Waals surface area (Å²) in [5, 5.41) is 11.8. The van der Waals surface area contributed by atoms with Crippen molar-refractivity contribution < 1.29 is 19.4 Å². The number of ether oxygens (including phenoxy) is 1. The van der Waals surface area contributed by atoms with E-state index in [1.807, 2.05) is 60.7 Å². The van der Waals surface area contributed by atoms with Gasteiger partial charge in [0.15, 0.2) is 0 Å². The van der Waals surface area contributed by atoms with Gasteiger partial charge >= 0.3 is 12.1 Å². The Morgan fingerprint density at radius 3 is 2.17 bits per heavy atom. The second kappa shape index (κ2) is 7.98. The average molecular weight is 313 g/mol. The minimum atomic E-state index is -1.10. The summed E-state index contributed by atoms with van der Waals surface area (Å²) in [6.45, 7) is 1.85. The second-order valence-electron chi connectivity index (χ2n) is 5.22. The van der Waals surface area contributed by atoms with Gasteiger partial charge in [-0.05, 0) is 11.1 Å². The average Bonchev–Trinajstić information content (AvgIpc) is 2.58. The maximum Gasteiger partial charge on any atom is 0.408 e. The SMILES string of the molecule is C[C@@H](c1ccccc1)[C@@H](NC(=O)OCc1ccccc1)C(=O)O. The highest BCUT2D eigenvalue weighted by Crippen LogP contribution is 2.19. The zero-order valence-electron chi connectivity index (χ0n) is 12.8. The summed E-state index contributed by atoms with van der Waals surface area (Å²) in [6.07, 6.45) is -0.746. The number of carbonyl (C=O) groups excluding carboxylic acids is 1. The van der Waals surface area contributed by atoms with Crippen LogP contribution in [0.5, 0.6) is 0 Å². The van der Waals surface area contributed by atoms with Crippen molar-refractivity contribution in [2.45, 2.75) is 25.5 Å². The van der Waals surface area contributed by atoms with Crippen LogP contribution in [-0.4, -0.2) is 23.2 Å². The lowest BCUT2D eigenvalue weighted by Gasteiger charge is -2.21. The smallest absolute Gasteiger partial charge is 0.408 e. The molecule has 0 saturated heterocycles. The van der Waals surface area contributed by atoms with Crippen molar-refractivity contribution in [3.05, 3.63) is 71.8 Å². The fourth-order valence-electron chi connectivity index (χ4n) is 2.24. The predicted molar refractivity (Wildman–Crippen MR) is 86.0 cm³/mol. The van der Waals surface area contributed by atoms with Crippen LogP contribution >= 0.6 is 0 Å². The highest BCUT2D eigenvalue weighted by atomic mass is 16.5. The molecular formula is C18H19NO4. The van der Waals surface area contributed by atoms with Crippen LogP contribution < -0.4 is 5.32 Å². The Morgan fingerprint density at radius 1 is 1.04 bits per heavy atom. The van der Waals surface area contributed by atoms with E-state index < -0.39 is 18.1 Å². The third kappa shape index (κ3) is 4.85. The van der Waals surface area contributed by atoms with Crippen LogP contribution in [0, 0.1) is 0 Å². The van der Waals surface area contributed by atoms with Gasteiger partial charge in [0.25, 0.3) is 0 Å². The van der Waals surface area contributed by atoms with Crippen molar-refractivity contribution in [2.24, 2.45) is 0 Å². The fraction of sp³-hybridized carbons (Fsp3) is 0.222. The summed E-state index contributed by atoms with van der Waals surface area (Å²) >= 11 is 0. The topological polar surface area (TPSA) is 75.6 Å². The van der Waals surface area contributed by atoms with Crippen molar-refractivity contribution >= 4 is 12.1 Å². The van der Waals surface area contributed by atoms with E-state index in [2.05, 4.69) is 5.32 Å². The van der Waals surface area contributed by atoms with E-state index >= 15 is 0 Å². The molecule has 0 bridgehead atoms. The molecule has 0 spiro atoms. The Balaban J connectivity index is 1.96. The molecule has 0 fully saturated rings. The Morgan fingerprint density at radius 2 is 1.61 bits per heavy atom. The number of carbonyl (C=O) groups is 2. The predicted octanol–water partition coefficient (Wildman–Crippen LogP) is 3.17. The summed E-state index contributed by atoms with van der Waals surface area (Å²) < 4.78 is 5.08. The third-order valence-corrected chi connectivity index (χ3v) is 3.58. The van der Waals surface area contributed by atoms with Crippen LogP contribution in [0.2, 0.25) is 0 Å². The van der Waals surface area contributed by atoms with Crippen molar-refractivity contribution in [1.29, 1.82) is 0 Å². The molecule has 0 unspecified atom stereocenters. The summed E-state index contributed by atoms with van der Waals surface area (Å²) in [5.74, 6) is -1.48. The molecule has 0 aliphatic heterocycles. The Kier molecular flexibility index (Phi) is 5.74. The van der Waals surface area contributed by atoms with Gasteiger partial charge in [-0.15, -0.1) is 0 Å². The molecule has 2 rings (SSSR count). The normalized spacial score (nSPS) is 12.9. The highest BCUT2D eigenvalue weighted by molar-refractivity contribution is 5.81. The van der Waals surface area contributed by atoms with E-state index in [1.165, 1.54) is 0 Å². The van der Waals surface area contributed by atoms with Gasteiger partial charge in [0.2, 0.25) is 0 Å². The molecule has 0 aliphatic rings. The van der Waals surface area contributed by atoms with E-state index in [0.717, 1.165) is 11.1 Å². The molecule has 2 N–H and O–H groups in total. The standard InChI is InChI=1S/C18H19NO4/c1-13(15-10-6-3-7-11-15)16(17(20)21)19-18(22)23-12-14-8-4-2-5-9-14/h2-11,13,16H,12H2,1H3,(H,19,22)(H,20,21)/t13-,16+/m0/s1. The minimum Gasteiger partial charge on any atom is -0.480 e. The first-order chi connectivity index (χ1) is 11.1. The van der Waals surface area contributed by atoms with Gasteiger partial charge in [0.05, 0.1) is 0 Å². The number of benzene rings is 2. The number of carboxylic acid groups (broad SMARTS) is 1. The summed E-state index contributed by atoms with van der Waals surface area (Å²) in [6, 6.07) is 17.3. The molecule has 5 heteroatoms. The monoisotopic (exact) mass is 313 g/mol. The van der Waals surface area contributed by atoms with Gasteiger partial charge in [-0.3, -0.25) is 0 Å². The van der Waals surface area contributed by atoms with Gasteiger partial charge in [0, 0.05) is 5.92 Å². The summed E-state index contributed by atoms with van der Waals surface area (Å²) in [7, 11) is 0. The van der Waals surface area contributed by atoms with Gasteiger partial charge in [-0.1, -0.05) is 67.6 Å². The molecule has 1 amide bonds. The zero-order valence-corrected chi connectivity index (χ0v) is 12.8. The van der Waals surface area contributed by atoms with E-state index in [4.69, 9.17) is 4.74 Å². The molecule has 0 radical (unpaired) electrons. The van der Waals surface area contributed by atoms with Crippen LogP contribution in [-0.2, 0) is 16.1 Å². The number of amides is 1. The van der Waals surface area contributed by atoms with Gasteiger partial charge < -0.3 is 15.2 Å². The van der Waals surface area contributed by atoms with Gasteiger partial charge in [-0.25, -0.2) is 9.59 Å². The zero-order chi connectivity index (χ0) is 16.7. The van der Waals surface area contributed by atoms with Crippen molar-refractivity contribution in [3.8, 4) is 0 Å². The number of hydrogen-bond acceptors (Lipinski definition) is 3. The van der Waals surface area contributed by atoms with Gasteiger partial charge in [-0.2, -0.15) is 0 Å². The lowest BCUT2D eigenvalue weighted by atomic mass is 9.93. The van der Waals surface area contributed by atoms with Crippen molar-refractivity contribution in [1.82, 2.24) is 5.32 Å². The summed E-state index contributed by atoms with van der Waals surface area (Å²) in [5.41, 5.74) is 1.67. The molecule has 2 atom stereocenters. The molecule has 0 aromatic heterocycles. The lowest BCUT2D eigenvalue weighted by molar-refractivity contribution is -0.139. The molecule has 0 saturated carbocycles. The number of aliphatic carboxylic acids is 1. The highest BCUT2D eigenvalue weighted by Gasteiger charge is 2.28. The molecule has 5 nitrogen and oxygen atoms in total. The minimum absolute atomic E-state index is 0.0960. The molecule has 0 aliphatic carbocycles. The molecule has 120 valence electrons. The molecular weight excluding hydrogens is 294 g/mol. The lowest BCUT2D eigenvalue weighted by Crippen LogP contribution is -2.44. The Labute approximate surface area is 134 Å². The molecule has 0 heterocycles. The van der Waals surface area contributed by atoms with Crippen molar-refractivity contribution in [2.75, 3.05) is 0 Å². The number of carboxylic acids is 1. The maximum atomic E-state index is 11.9. The second-order valence-corrected chi connectivity index (χ2v) is 5.22. The maximum absolute atomic E-state index is 11.9. The van der Waals surface area contributed by atoms with E-state index in [9.17, 15) is 14.7 Å². The van der Waals surface area contributed by atoms with Crippen LogP contribution in [0.4, 0.5) is 4.79 Å². The third-order valence-electron chi connectivity index (χ3n) is 3.58. The number of rotatable bonds is 6. The van der Waals surface area contributed by atoms with E-state index in [1.54, 1.807) is 6.92 Å². The molecule has 23 heavy (non-hydrogen) atoms. The van der Waals surface area contributed by atoms with E-state index in [-0.39, 0.29) is 12.5 Å². The number of alkyl carbamates (subject to hydrolysis) is 1. The largest absolute Gasteiger partial charge is 0.480 e. The van der Waals surface area contributed by atoms with Crippen LogP contribution in [0.15, 0.2) is 60.7 Å². The van der Waals surface area contributed by atoms with Gasteiger partial charge in [0.1, 0.15) is 12.6 Å². The quantitative estimate of drug-likeness (QED) is 0.859. The van der Waals surface area contributed by atoms with Crippen LogP contribution in [0.25, 0.3) is 0 Å². The van der Waals surface area contributed by atoms with Crippen molar-refractivity contribution in [3.63, 3.8) is 0 Å². The van der Waals surface area contributed by atoms with Crippen LogP contribution in [0.3, 0.4) is 0 Å². The molecule has 2 aromatic carbocycles. The first kappa shape index (κ1) is 16.5. The Hall–Kier alpha value is -2.82. The first-order valence-electron chi connectivity index (χ1n) is 7.33. The first-order valence-corrected chi connectivity index (χ1v) is 7.33.